The molecule has 1 saturated heterocycles. The van der Waals surface area contributed by atoms with Crippen molar-refractivity contribution in [3.05, 3.63) is 47.7 Å². The highest BCUT2D eigenvalue weighted by Gasteiger charge is 2.29. The fourth-order valence-electron chi connectivity index (χ4n) is 4.30. The number of aromatic nitrogens is 1. The summed E-state index contributed by atoms with van der Waals surface area (Å²) in [5, 5.41) is 4.83. The Kier molecular flexibility index (Phi) is 7.40. The van der Waals surface area contributed by atoms with E-state index in [4.69, 9.17) is 4.99 Å². The second kappa shape index (κ2) is 9.78. The number of nitrogens with one attached hydrogen (secondary N) is 2. The largest absolute Gasteiger partial charge is 0.361 e. The second-order valence-electron chi connectivity index (χ2n) is 7.61. The standard InChI is InChI=1S/C22H31N5.HI/c1-3-23-22(27-14-10-19(16-27)26-12-4-5-13-26)24-11-9-18-15-25-21-17(2)7-6-8-20(18)21;/h4-8,15,19,25H,3,9-14,16H2,1-2H3,(H,23,24);1H. The van der Waals surface area contributed by atoms with Crippen LogP contribution in [0.25, 0.3) is 10.9 Å². The number of benzene rings is 1. The van der Waals surface area contributed by atoms with Gasteiger partial charge < -0.3 is 15.2 Å². The first kappa shape index (κ1) is 21.2. The summed E-state index contributed by atoms with van der Waals surface area (Å²) in [7, 11) is 0. The molecule has 152 valence electrons. The van der Waals surface area contributed by atoms with Gasteiger partial charge in [0.2, 0.25) is 0 Å². The zero-order valence-electron chi connectivity index (χ0n) is 16.9. The lowest BCUT2D eigenvalue weighted by molar-refractivity contribution is 0.259. The molecule has 0 spiro atoms. The minimum absolute atomic E-state index is 0. The van der Waals surface area contributed by atoms with Crippen molar-refractivity contribution < 1.29 is 0 Å². The maximum atomic E-state index is 4.94. The van der Waals surface area contributed by atoms with Crippen molar-refractivity contribution in [3.8, 4) is 0 Å². The molecule has 2 N–H and O–H groups in total. The molecule has 1 aromatic carbocycles. The van der Waals surface area contributed by atoms with Crippen molar-refractivity contribution in [1.82, 2.24) is 20.1 Å². The van der Waals surface area contributed by atoms with Crippen molar-refractivity contribution in [1.29, 1.82) is 0 Å². The van der Waals surface area contributed by atoms with E-state index in [0.29, 0.717) is 6.04 Å². The highest BCUT2D eigenvalue weighted by molar-refractivity contribution is 14.0. The number of hydrogen-bond acceptors (Lipinski definition) is 2. The SMILES string of the molecule is CCNC(=NCCc1c[nH]c2c(C)cccc12)N1CCC(N2CC=CC2)C1.I. The third kappa shape index (κ3) is 4.54. The van der Waals surface area contributed by atoms with E-state index < -0.39 is 0 Å². The molecule has 4 rings (SSSR count). The summed E-state index contributed by atoms with van der Waals surface area (Å²) in [6.07, 6.45) is 8.90. The molecule has 0 amide bonds. The highest BCUT2D eigenvalue weighted by atomic mass is 127. The van der Waals surface area contributed by atoms with E-state index >= 15 is 0 Å². The van der Waals surface area contributed by atoms with E-state index in [1.807, 2.05) is 0 Å². The number of para-hydroxylation sites is 1. The Labute approximate surface area is 185 Å². The summed E-state index contributed by atoms with van der Waals surface area (Å²) < 4.78 is 0. The zero-order chi connectivity index (χ0) is 18.6. The highest BCUT2D eigenvalue weighted by Crippen LogP contribution is 2.22. The number of aryl methyl sites for hydroxylation is 1. The summed E-state index contributed by atoms with van der Waals surface area (Å²) in [5.41, 5.74) is 3.91. The molecule has 0 radical (unpaired) electrons. The molecule has 3 heterocycles. The number of likely N-dealkylation sites (tertiary alicyclic amines) is 1. The van der Waals surface area contributed by atoms with Gasteiger partial charge in [-0.05, 0) is 37.8 Å². The summed E-state index contributed by atoms with van der Waals surface area (Å²) in [6.45, 7) is 10.4. The second-order valence-corrected chi connectivity index (χ2v) is 7.61. The minimum atomic E-state index is 0. The molecule has 0 aliphatic carbocycles. The van der Waals surface area contributed by atoms with Gasteiger partial charge in [0, 0.05) is 62.4 Å². The Hall–Kier alpha value is -1.54. The Bertz CT molecular complexity index is 833. The van der Waals surface area contributed by atoms with Crippen LogP contribution in [0.15, 0.2) is 41.5 Å². The number of aliphatic imine (C=N–C) groups is 1. The number of nitrogens with zero attached hydrogens (tertiary/aromatic N) is 3. The van der Waals surface area contributed by atoms with E-state index in [1.54, 1.807) is 0 Å². The molecule has 0 bridgehead atoms. The Balaban J connectivity index is 0.00000225. The smallest absolute Gasteiger partial charge is 0.193 e. The average Bonchev–Trinajstić information content (AvgIpc) is 3.42. The predicted octanol–water partition coefficient (Wildman–Crippen LogP) is 3.55. The molecule has 5 nitrogen and oxygen atoms in total. The average molecular weight is 493 g/mol. The van der Waals surface area contributed by atoms with Gasteiger partial charge in [0.1, 0.15) is 0 Å². The molecule has 1 atom stereocenters. The number of fused-ring (bicyclic) bond motifs is 1. The van der Waals surface area contributed by atoms with Gasteiger partial charge in [0.25, 0.3) is 0 Å². The summed E-state index contributed by atoms with van der Waals surface area (Å²) >= 11 is 0. The molecule has 28 heavy (non-hydrogen) atoms. The molecule has 2 aliphatic rings. The van der Waals surface area contributed by atoms with E-state index in [2.05, 4.69) is 70.5 Å². The maximum absolute atomic E-state index is 4.94. The van der Waals surface area contributed by atoms with Crippen molar-refractivity contribution in [2.45, 2.75) is 32.7 Å². The van der Waals surface area contributed by atoms with Crippen LogP contribution in [0.5, 0.6) is 0 Å². The lowest BCUT2D eigenvalue weighted by Gasteiger charge is -2.25. The first-order valence-corrected chi connectivity index (χ1v) is 10.2. The Morgan fingerprint density at radius 1 is 1.29 bits per heavy atom. The number of guanidine groups is 1. The third-order valence-electron chi connectivity index (χ3n) is 5.81. The van der Waals surface area contributed by atoms with Gasteiger partial charge in [-0.2, -0.15) is 0 Å². The van der Waals surface area contributed by atoms with Crippen LogP contribution in [-0.4, -0.2) is 66.1 Å². The van der Waals surface area contributed by atoms with Crippen LogP contribution in [0, 0.1) is 6.92 Å². The van der Waals surface area contributed by atoms with Crippen LogP contribution in [0.4, 0.5) is 0 Å². The molecule has 1 aromatic heterocycles. The van der Waals surface area contributed by atoms with E-state index in [1.165, 1.54) is 28.5 Å². The topological polar surface area (TPSA) is 46.7 Å². The Morgan fingerprint density at radius 2 is 2.11 bits per heavy atom. The van der Waals surface area contributed by atoms with Crippen LogP contribution in [0.1, 0.15) is 24.5 Å². The van der Waals surface area contributed by atoms with Crippen molar-refractivity contribution >= 4 is 40.8 Å². The quantitative estimate of drug-likeness (QED) is 0.290. The number of H-pyrrole nitrogens is 1. The molecular formula is C22H32IN5. The molecular weight excluding hydrogens is 461 g/mol. The van der Waals surface area contributed by atoms with Crippen LogP contribution in [0.3, 0.4) is 0 Å². The first-order chi connectivity index (χ1) is 13.3. The lowest BCUT2D eigenvalue weighted by Crippen LogP contribution is -2.43. The number of halogens is 1. The monoisotopic (exact) mass is 493 g/mol. The van der Waals surface area contributed by atoms with Gasteiger partial charge in [-0.1, -0.05) is 30.4 Å². The third-order valence-corrected chi connectivity index (χ3v) is 5.81. The van der Waals surface area contributed by atoms with Crippen LogP contribution in [-0.2, 0) is 6.42 Å². The number of rotatable bonds is 5. The van der Waals surface area contributed by atoms with Gasteiger partial charge in [-0.15, -0.1) is 24.0 Å². The fraction of sp³-hybridized carbons (Fsp3) is 0.500. The van der Waals surface area contributed by atoms with Gasteiger partial charge in [0.15, 0.2) is 5.96 Å². The lowest BCUT2D eigenvalue weighted by atomic mass is 10.1. The summed E-state index contributed by atoms with van der Waals surface area (Å²) in [6, 6.07) is 7.16. The molecule has 2 aromatic rings. The van der Waals surface area contributed by atoms with E-state index in [9.17, 15) is 0 Å². The molecule has 0 saturated carbocycles. The van der Waals surface area contributed by atoms with Gasteiger partial charge in [0.05, 0.1) is 0 Å². The Morgan fingerprint density at radius 3 is 2.89 bits per heavy atom. The maximum Gasteiger partial charge on any atom is 0.193 e. The van der Waals surface area contributed by atoms with Crippen LogP contribution < -0.4 is 5.32 Å². The summed E-state index contributed by atoms with van der Waals surface area (Å²) in [5.74, 6) is 1.07. The van der Waals surface area contributed by atoms with Gasteiger partial charge in [-0.25, -0.2) is 0 Å². The first-order valence-electron chi connectivity index (χ1n) is 10.2. The summed E-state index contributed by atoms with van der Waals surface area (Å²) in [4.78, 5) is 13.4. The van der Waals surface area contributed by atoms with E-state index in [0.717, 1.165) is 51.6 Å². The van der Waals surface area contributed by atoms with Gasteiger partial charge >= 0.3 is 0 Å². The molecule has 2 aliphatic heterocycles. The normalized spacial score (nSPS) is 20.1. The van der Waals surface area contributed by atoms with Crippen molar-refractivity contribution in [3.63, 3.8) is 0 Å². The predicted molar refractivity (Wildman–Crippen MR) is 129 cm³/mol. The van der Waals surface area contributed by atoms with Crippen molar-refractivity contribution in [2.24, 2.45) is 4.99 Å². The molecule has 1 fully saturated rings. The van der Waals surface area contributed by atoms with E-state index in [-0.39, 0.29) is 24.0 Å². The van der Waals surface area contributed by atoms with Crippen LogP contribution in [0.2, 0.25) is 0 Å². The molecule has 1 unspecified atom stereocenters. The van der Waals surface area contributed by atoms with Crippen molar-refractivity contribution in [2.75, 3.05) is 39.3 Å². The zero-order valence-corrected chi connectivity index (χ0v) is 19.3. The number of aromatic amines is 1. The van der Waals surface area contributed by atoms with Gasteiger partial charge in [-0.3, -0.25) is 9.89 Å². The molecule has 6 heteroatoms. The minimum Gasteiger partial charge on any atom is -0.361 e. The number of hydrogen-bond donors (Lipinski definition) is 2. The van der Waals surface area contributed by atoms with Crippen LogP contribution >= 0.6 is 24.0 Å². The fourth-order valence-corrected chi connectivity index (χ4v) is 4.30.